The summed E-state index contributed by atoms with van der Waals surface area (Å²) in [5, 5.41) is 8.34. The van der Waals surface area contributed by atoms with Crippen molar-refractivity contribution in [1.82, 2.24) is 24.3 Å². The van der Waals surface area contributed by atoms with E-state index in [0.29, 0.717) is 43.1 Å². The molecular formula is C24H23F2N5O4S. The molecule has 1 amide bonds. The summed E-state index contributed by atoms with van der Waals surface area (Å²) >= 11 is 0. The van der Waals surface area contributed by atoms with Gasteiger partial charge in [0.1, 0.15) is 12.4 Å². The summed E-state index contributed by atoms with van der Waals surface area (Å²) < 4.78 is 62.7. The van der Waals surface area contributed by atoms with E-state index in [9.17, 15) is 22.0 Å². The minimum absolute atomic E-state index is 0.170. The number of sulfonamides is 1. The molecule has 4 rings (SSSR count). The van der Waals surface area contributed by atoms with Crippen molar-refractivity contribution in [2.24, 2.45) is 0 Å². The van der Waals surface area contributed by atoms with Gasteiger partial charge in [0.15, 0.2) is 11.6 Å². The van der Waals surface area contributed by atoms with Crippen molar-refractivity contribution in [2.45, 2.75) is 30.8 Å². The number of nitrogens with zero attached hydrogens (tertiary/aromatic N) is 4. The summed E-state index contributed by atoms with van der Waals surface area (Å²) in [6, 6.07) is 11.3. The van der Waals surface area contributed by atoms with E-state index in [0.717, 1.165) is 11.6 Å². The molecule has 0 aliphatic rings. The lowest BCUT2D eigenvalue weighted by Gasteiger charge is -2.14. The number of benzene rings is 2. The number of halogens is 2. The van der Waals surface area contributed by atoms with Gasteiger partial charge in [0.25, 0.3) is 10.0 Å². The van der Waals surface area contributed by atoms with Gasteiger partial charge >= 0.3 is 0 Å². The van der Waals surface area contributed by atoms with Gasteiger partial charge in [-0.25, -0.2) is 21.9 Å². The molecule has 12 heteroatoms. The Bertz CT molecular complexity index is 1420. The zero-order valence-electron chi connectivity index (χ0n) is 19.0. The second-order valence-corrected chi connectivity index (χ2v) is 9.55. The molecule has 4 aromatic rings. The van der Waals surface area contributed by atoms with Crippen LogP contribution in [0, 0.1) is 11.6 Å². The number of carbonyl (C=O) groups excluding carboxylic acids is 1. The fraction of sp³-hybridized carbons (Fsp3) is 0.208. The summed E-state index contributed by atoms with van der Waals surface area (Å²) in [7, 11) is -4.35. The summed E-state index contributed by atoms with van der Waals surface area (Å²) in [4.78, 5) is 11.9. The van der Waals surface area contributed by atoms with E-state index < -0.39 is 32.5 Å². The fourth-order valence-electron chi connectivity index (χ4n) is 3.45. The largest absolute Gasteiger partial charge is 0.491 e. The van der Waals surface area contributed by atoms with E-state index >= 15 is 0 Å². The van der Waals surface area contributed by atoms with Crippen LogP contribution >= 0.6 is 0 Å². The first-order valence-corrected chi connectivity index (χ1v) is 12.5. The van der Waals surface area contributed by atoms with Crippen LogP contribution in [0.1, 0.15) is 17.5 Å². The molecule has 9 nitrogen and oxygen atoms in total. The number of aryl methyl sites for hydroxylation is 1. The van der Waals surface area contributed by atoms with Crippen molar-refractivity contribution in [3.63, 3.8) is 0 Å². The van der Waals surface area contributed by atoms with Gasteiger partial charge in [0.05, 0.1) is 18.0 Å². The van der Waals surface area contributed by atoms with Gasteiger partial charge in [-0.15, -0.1) is 0 Å². The van der Waals surface area contributed by atoms with Crippen molar-refractivity contribution >= 4 is 15.9 Å². The molecule has 0 aliphatic carbocycles. The molecule has 0 saturated carbocycles. The molecule has 36 heavy (non-hydrogen) atoms. The van der Waals surface area contributed by atoms with Gasteiger partial charge in [-0.1, -0.05) is 12.1 Å². The Hall–Kier alpha value is -4.06. The molecule has 188 valence electrons. The highest BCUT2D eigenvalue weighted by Gasteiger charge is 2.20. The van der Waals surface area contributed by atoms with Crippen molar-refractivity contribution in [1.29, 1.82) is 0 Å². The Labute approximate surface area is 206 Å². The number of rotatable bonds is 11. The summed E-state index contributed by atoms with van der Waals surface area (Å²) in [6.45, 7) is 1.37. The second kappa shape index (κ2) is 11.1. The zero-order valence-corrected chi connectivity index (χ0v) is 19.9. The Kier molecular flexibility index (Phi) is 7.74. The van der Waals surface area contributed by atoms with Gasteiger partial charge in [0.2, 0.25) is 5.91 Å². The van der Waals surface area contributed by atoms with Crippen LogP contribution in [0.3, 0.4) is 0 Å². The highest BCUT2D eigenvalue weighted by molar-refractivity contribution is 7.90. The van der Waals surface area contributed by atoms with Gasteiger partial charge in [0, 0.05) is 31.2 Å². The molecule has 0 fully saturated rings. The van der Waals surface area contributed by atoms with Crippen LogP contribution in [0.4, 0.5) is 8.78 Å². The van der Waals surface area contributed by atoms with Crippen molar-refractivity contribution in [3.8, 4) is 5.75 Å². The van der Waals surface area contributed by atoms with E-state index in [-0.39, 0.29) is 12.8 Å². The van der Waals surface area contributed by atoms with Crippen LogP contribution in [0.2, 0.25) is 0 Å². The van der Waals surface area contributed by atoms with Crippen LogP contribution < -0.4 is 9.46 Å². The summed E-state index contributed by atoms with van der Waals surface area (Å²) in [6.07, 6.45) is 7.03. The highest BCUT2D eigenvalue weighted by Crippen LogP contribution is 2.23. The maximum atomic E-state index is 13.4. The third-order valence-electron chi connectivity index (χ3n) is 5.24. The minimum Gasteiger partial charge on any atom is -0.491 e. The number of aromatic nitrogens is 4. The lowest BCUT2D eigenvalue weighted by molar-refractivity contribution is -0.119. The van der Waals surface area contributed by atoms with E-state index in [4.69, 9.17) is 4.74 Å². The number of amides is 1. The average molecular weight is 516 g/mol. The minimum atomic E-state index is -4.35. The van der Waals surface area contributed by atoms with Gasteiger partial charge in [-0.3, -0.25) is 14.2 Å². The average Bonchev–Trinajstić information content (AvgIpc) is 3.54. The Morgan fingerprint density at radius 3 is 2.42 bits per heavy atom. The van der Waals surface area contributed by atoms with Crippen molar-refractivity contribution in [2.75, 3.05) is 6.61 Å². The third kappa shape index (κ3) is 6.54. The summed E-state index contributed by atoms with van der Waals surface area (Å²) in [5.74, 6) is -2.74. The zero-order chi connectivity index (χ0) is 25.5. The molecule has 0 radical (unpaired) electrons. The Morgan fingerprint density at radius 1 is 0.972 bits per heavy atom. The topological polar surface area (TPSA) is 108 Å². The van der Waals surface area contributed by atoms with E-state index in [1.165, 1.54) is 0 Å². The second-order valence-electron chi connectivity index (χ2n) is 7.87. The molecule has 2 aromatic heterocycles. The lowest BCUT2D eigenvalue weighted by atomic mass is 10.1. The Morgan fingerprint density at radius 2 is 1.72 bits per heavy atom. The molecular weight excluding hydrogens is 492 g/mol. The van der Waals surface area contributed by atoms with Gasteiger partial charge in [-0.2, -0.15) is 10.2 Å². The van der Waals surface area contributed by atoms with Crippen LogP contribution in [0.25, 0.3) is 0 Å². The SMILES string of the molecule is O=C(CCc1ccc(Cn2cccn2)cc1OCCn1cccn1)NS(=O)(=O)c1ccc(F)c(F)c1. The predicted molar refractivity (Wildman–Crippen MR) is 126 cm³/mol. The third-order valence-corrected chi connectivity index (χ3v) is 6.61. The van der Waals surface area contributed by atoms with Crippen LogP contribution in [0.5, 0.6) is 5.75 Å². The molecule has 0 aliphatic heterocycles. The van der Waals surface area contributed by atoms with E-state index in [2.05, 4.69) is 10.2 Å². The predicted octanol–water partition coefficient (Wildman–Crippen LogP) is 2.92. The number of nitrogens with one attached hydrogen (secondary N) is 1. The van der Waals surface area contributed by atoms with E-state index in [1.807, 2.05) is 47.4 Å². The molecule has 2 heterocycles. The molecule has 0 bridgehead atoms. The molecule has 0 saturated heterocycles. The van der Waals surface area contributed by atoms with Crippen molar-refractivity contribution < 1.29 is 26.7 Å². The fourth-order valence-corrected chi connectivity index (χ4v) is 4.48. The van der Waals surface area contributed by atoms with Crippen LogP contribution in [-0.4, -0.2) is 40.5 Å². The maximum absolute atomic E-state index is 13.4. The first-order chi connectivity index (χ1) is 17.3. The van der Waals surface area contributed by atoms with Gasteiger partial charge < -0.3 is 4.74 Å². The standard InChI is InChI=1S/C24H23F2N5O4S/c25-21-7-6-20(16-22(21)26)36(33,34)29-24(32)8-5-19-4-3-18(17-31-12-2-10-28-31)15-23(19)35-14-13-30-11-1-9-27-30/h1-4,6-7,9-12,15-16H,5,8,13-14,17H2,(H,29,32). The quantitative estimate of drug-likeness (QED) is 0.329. The maximum Gasteiger partial charge on any atom is 0.264 e. The Balaban J connectivity index is 1.43. The molecule has 0 atom stereocenters. The number of ether oxygens (including phenoxy) is 1. The number of carbonyl (C=O) groups is 1. The van der Waals surface area contributed by atoms with Crippen LogP contribution in [-0.2, 0) is 34.3 Å². The molecule has 1 N–H and O–H groups in total. The normalized spacial score (nSPS) is 11.4. The first kappa shape index (κ1) is 25.0. The lowest BCUT2D eigenvalue weighted by Crippen LogP contribution is -2.30. The highest BCUT2D eigenvalue weighted by atomic mass is 32.2. The summed E-state index contributed by atoms with van der Waals surface area (Å²) in [5.41, 5.74) is 1.64. The van der Waals surface area contributed by atoms with Crippen LogP contribution in [0.15, 0.2) is 78.2 Å². The smallest absolute Gasteiger partial charge is 0.264 e. The van der Waals surface area contributed by atoms with E-state index in [1.54, 1.807) is 21.8 Å². The van der Waals surface area contributed by atoms with Gasteiger partial charge in [-0.05, 0) is 53.9 Å². The number of hydrogen-bond acceptors (Lipinski definition) is 6. The van der Waals surface area contributed by atoms with Crippen molar-refractivity contribution in [3.05, 3.63) is 96.1 Å². The monoisotopic (exact) mass is 515 g/mol. The molecule has 0 spiro atoms. The molecule has 0 unspecified atom stereocenters. The first-order valence-electron chi connectivity index (χ1n) is 11.0. The number of hydrogen-bond donors (Lipinski definition) is 1. The molecule has 2 aromatic carbocycles.